The Balaban J connectivity index is 1.50. The minimum absolute atomic E-state index is 0.0393. The molecule has 1 N–H and O–H groups in total. The van der Waals surface area contributed by atoms with Crippen LogP contribution in [0.2, 0.25) is 0 Å². The van der Waals surface area contributed by atoms with Crippen LogP contribution in [0.25, 0.3) is 16.9 Å². The van der Waals surface area contributed by atoms with Gasteiger partial charge in [-0.1, -0.05) is 34.1 Å². The maximum atomic E-state index is 12.7. The van der Waals surface area contributed by atoms with Gasteiger partial charge in [-0.05, 0) is 48.9 Å². The van der Waals surface area contributed by atoms with Crippen LogP contribution in [0.15, 0.2) is 71.3 Å². The highest BCUT2D eigenvalue weighted by Gasteiger charge is 2.15. The fourth-order valence-corrected chi connectivity index (χ4v) is 3.92. The maximum absolute atomic E-state index is 12.7. The van der Waals surface area contributed by atoms with Crippen LogP contribution in [0.5, 0.6) is 11.5 Å². The number of carbonyl (C=O) groups excluding carboxylic acids is 1. The smallest absolute Gasteiger partial charge is 0.220 e. The lowest BCUT2D eigenvalue weighted by Crippen LogP contribution is -2.23. The van der Waals surface area contributed by atoms with Crippen LogP contribution >= 0.6 is 15.9 Å². The second-order valence-electron chi connectivity index (χ2n) is 7.30. The maximum Gasteiger partial charge on any atom is 0.220 e. The summed E-state index contributed by atoms with van der Waals surface area (Å²) in [4.78, 5) is 17.5. The van der Waals surface area contributed by atoms with Crippen LogP contribution in [0, 0.1) is 0 Å². The molecule has 0 atom stereocenters. The van der Waals surface area contributed by atoms with E-state index < -0.39 is 0 Å². The fourth-order valence-electron chi connectivity index (χ4n) is 3.66. The number of carbonyl (C=O) groups is 1. The van der Waals surface area contributed by atoms with E-state index in [0.29, 0.717) is 25.1 Å². The number of methoxy groups -OCH3 is 2. The number of hydrogen-bond donors (Lipinski definition) is 1. The lowest BCUT2D eigenvalue weighted by atomic mass is 10.1. The van der Waals surface area contributed by atoms with Crippen molar-refractivity contribution in [3.63, 3.8) is 0 Å². The van der Waals surface area contributed by atoms with Crippen LogP contribution in [0.3, 0.4) is 0 Å². The Labute approximate surface area is 195 Å². The molecule has 1 amide bonds. The minimum Gasteiger partial charge on any atom is -0.497 e. The van der Waals surface area contributed by atoms with Crippen molar-refractivity contribution in [2.75, 3.05) is 14.2 Å². The molecular formula is C25H24BrN3O3. The van der Waals surface area contributed by atoms with Gasteiger partial charge in [-0.25, -0.2) is 4.98 Å². The molecular weight excluding hydrogens is 470 g/mol. The SMILES string of the molecule is COc1ccc(OC)c(CNC(=O)CCc2c(-c3ccc(Br)cc3)nc3ccccn23)c1. The van der Waals surface area contributed by atoms with Crippen molar-refractivity contribution in [3.05, 3.63) is 82.6 Å². The molecule has 6 nitrogen and oxygen atoms in total. The first-order valence-corrected chi connectivity index (χ1v) is 11.1. The molecule has 0 radical (unpaired) electrons. The highest BCUT2D eigenvalue weighted by molar-refractivity contribution is 9.10. The van der Waals surface area contributed by atoms with Gasteiger partial charge in [0, 0.05) is 34.8 Å². The predicted octanol–water partition coefficient (Wildman–Crippen LogP) is 5.03. The summed E-state index contributed by atoms with van der Waals surface area (Å²) < 4.78 is 13.7. The molecule has 4 aromatic rings. The molecule has 0 saturated carbocycles. The molecule has 7 heteroatoms. The van der Waals surface area contributed by atoms with E-state index >= 15 is 0 Å². The van der Waals surface area contributed by atoms with Gasteiger partial charge in [0.2, 0.25) is 5.91 Å². The number of ether oxygens (including phenoxy) is 2. The van der Waals surface area contributed by atoms with Gasteiger partial charge in [0.05, 0.1) is 25.6 Å². The number of nitrogens with zero attached hydrogens (tertiary/aromatic N) is 2. The molecule has 0 aliphatic carbocycles. The minimum atomic E-state index is -0.0393. The number of rotatable bonds is 8. The van der Waals surface area contributed by atoms with Gasteiger partial charge in [0.25, 0.3) is 0 Å². The summed E-state index contributed by atoms with van der Waals surface area (Å²) in [6, 6.07) is 19.5. The van der Waals surface area contributed by atoms with Crippen LogP contribution in [-0.4, -0.2) is 29.5 Å². The van der Waals surface area contributed by atoms with Crippen molar-refractivity contribution in [1.82, 2.24) is 14.7 Å². The van der Waals surface area contributed by atoms with E-state index in [0.717, 1.165) is 38.4 Å². The van der Waals surface area contributed by atoms with E-state index in [1.165, 1.54) is 0 Å². The third kappa shape index (κ3) is 4.78. The van der Waals surface area contributed by atoms with Gasteiger partial charge in [0.1, 0.15) is 17.1 Å². The summed E-state index contributed by atoms with van der Waals surface area (Å²) in [6.07, 6.45) is 2.90. The van der Waals surface area contributed by atoms with E-state index in [1.807, 2.05) is 66.9 Å². The quantitative estimate of drug-likeness (QED) is 0.373. The summed E-state index contributed by atoms with van der Waals surface area (Å²) >= 11 is 3.48. The molecule has 0 aliphatic rings. The fraction of sp³-hybridized carbons (Fsp3) is 0.200. The molecule has 2 aromatic carbocycles. The zero-order valence-corrected chi connectivity index (χ0v) is 19.6. The number of fused-ring (bicyclic) bond motifs is 1. The molecule has 0 unspecified atom stereocenters. The zero-order valence-electron chi connectivity index (χ0n) is 18.0. The Hall–Kier alpha value is -3.32. The van der Waals surface area contributed by atoms with Crippen LogP contribution in [0.4, 0.5) is 0 Å². The average molecular weight is 494 g/mol. The lowest BCUT2D eigenvalue weighted by molar-refractivity contribution is -0.121. The standard InChI is InChI=1S/C25H24BrN3O3/c1-31-20-10-12-22(32-2)18(15-20)16-27-24(30)13-11-21-25(17-6-8-19(26)9-7-17)28-23-5-3-4-14-29(21)23/h3-10,12,14-15H,11,13,16H2,1-2H3,(H,27,30). The number of imidazole rings is 1. The molecule has 0 fully saturated rings. The summed E-state index contributed by atoms with van der Waals surface area (Å²) in [5.74, 6) is 1.40. The molecule has 0 aliphatic heterocycles. The zero-order chi connectivity index (χ0) is 22.5. The topological polar surface area (TPSA) is 64.9 Å². The number of nitrogens with one attached hydrogen (secondary N) is 1. The first kappa shape index (κ1) is 21.9. The van der Waals surface area contributed by atoms with E-state index in [2.05, 4.69) is 25.6 Å². The van der Waals surface area contributed by atoms with Gasteiger partial charge < -0.3 is 19.2 Å². The van der Waals surface area contributed by atoms with Crippen molar-refractivity contribution in [1.29, 1.82) is 0 Å². The van der Waals surface area contributed by atoms with Crippen LogP contribution < -0.4 is 14.8 Å². The number of amides is 1. The van der Waals surface area contributed by atoms with Gasteiger partial charge in [-0.15, -0.1) is 0 Å². The predicted molar refractivity (Wildman–Crippen MR) is 128 cm³/mol. The molecule has 2 aromatic heterocycles. The lowest BCUT2D eigenvalue weighted by Gasteiger charge is -2.12. The van der Waals surface area contributed by atoms with E-state index in [4.69, 9.17) is 14.5 Å². The monoisotopic (exact) mass is 493 g/mol. The normalized spacial score (nSPS) is 10.8. The summed E-state index contributed by atoms with van der Waals surface area (Å²) in [5.41, 5.74) is 4.66. The Morgan fingerprint density at radius 1 is 1.06 bits per heavy atom. The Kier molecular flexibility index (Phi) is 6.75. The third-order valence-corrected chi connectivity index (χ3v) is 5.83. The van der Waals surface area contributed by atoms with Crippen molar-refractivity contribution >= 4 is 27.5 Å². The van der Waals surface area contributed by atoms with E-state index in [-0.39, 0.29) is 5.91 Å². The van der Waals surface area contributed by atoms with Crippen LogP contribution in [-0.2, 0) is 17.8 Å². The number of aryl methyl sites for hydroxylation is 1. The average Bonchev–Trinajstić information content (AvgIpc) is 3.20. The van der Waals surface area contributed by atoms with Gasteiger partial charge in [0.15, 0.2) is 0 Å². The Morgan fingerprint density at radius 2 is 1.88 bits per heavy atom. The largest absolute Gasteiger partial charge is 0.497 e. The van der Waals surface area contributed by atoms with Crippen molar-refractivity contribution in [2.45, 2.75) is 19.4 Å². The molecule has 2 heterocycles. The third-order valence-electron chi connectivity index (χ3n) is 5.30. The second kappa shape index (κ2) is 9.87. The van der Waals surface area contributed by atoms with Gasteiger partial charge in [-0.3, -0.25) is 4.79 Å². The van der Waals surface area contributed by atoms with Gasteiger partial charge in [-0.2, -0.15) is 0 Å². The second-order valence-corrected chi connectivity index (χ2v) is 8.21. The summed E-state index contributed by atoms with van der Waals surface area (Å²) in [6.45, 7) is 0.367. The molecule has 0 saturated heterocycles. The highest BCUT2D eigenvalue weighted by Crippen LogP contribution is 2.27. The number of hydrogen-bond acceptors (Lipinski definition) is 4. The first-order valence-electron chi connectivity index (χ1n) is 10.3. The summed E-state index contributed by atoms with van der Waals surface area (Å²) in [7, 11) is 3.23. The number of pyridine rings is 1. The Bertz CT molecular complexity index is 1240. The van der Waals surface area contributed by atoms with Gasteiger partial charge >= 0.3 is 0 Å². The molecule has 32 heavy (non-hydrogen) atoms. The van der Waals surface area contributed by atoms with E-state index in [9.17, 15) is 4.79 Å². The number of benzene rings is 2. The number of aromatic nitrogens is 2. The van der Waals surface area contributed by atoms with Crippen molar-refractivity contribution in [2.24, 2.45) is 0 Å². The van der Waals surface area contributed by atoms with E-state index in [1.54, 1.807) is 14.2 Å². The van der Waals surface area contributed by atoms with Crippen LogP contribution in [0.1, 0.15) is 17.7 Å². The summed E-state index contributed by atoms with van der Waals surface area (Å²) in [5, 5.41) is 2.99. The molecule has 0 bridgehead atoms. The Morgan fingerprint density at radius 3 is 2.62 bits per heavy atom. The molecule has 164 valence electrons. The van der Waals surface area contributed by atoms with Crippen molar-refractivity contribution < 1.29 is 14.3 Å². The highest BCUT2D eigenvalue weighted by atomic mass is 79.9. The molecule has 0 spiro atoms. The molecule has 4 rings (SSSR count). The number of halogens is 1. The van der Waals surface area contributed by atoms with Crippen molar-refractivity contribution in [3.8, 4) is 22.8 Å². The first-order chi connectivity index (χ1) is 15.6.